The predicted octanol–water partition coefficient (Wildman–Crippen LogP) is 3.06. The molecule has 1 aromatic rings. The number of anilines is 1. The summed E-state index contributed by atoms with van der Waals surface area (Å²) in [5.41, 5.74) is 1.28. The monoisotopic (exact) mass is 269 g/mol. The zero-order chi connectivity index (χ0) is 10.8. The quantitative estimate of drug-likeness (QED) is 0.777. The van der Waals surface area contributed by atoms with Crippen molar-refractivity contribution in [1.29, 1.82) is 0 Å². The van der Waals surface area contributed by atoms with Gasteiger partial charge in [-0.25, -0.2) is 0 Å². The van der Waals surface area contributed by atoms with Crippen LogP contribution < -0.4 is 4.90 Å². The Morgan fingerprint density at radius 1 is 1.13 bits per heavy atom. The first-order chi connectivity index (χ1) is 7.15. The number of hydrogen-bond donors (Lipinski definition) is 0. The van der Waals surface area contributed by atoms with Crippen LogP contribution in [0, 0.1) is 0 Å². The van der Waals surface area contributed by atoms with E-state index < -0.39 is 0 Å². The van der Waals surface area contributed by atoms with Gasteiger partial charge >= 0.3 is 0 Å². The molecule has 2 rings (SSSR count). The van der Waals surface area contributed by atoms with Crippen molar-refractivity contribution in [2.45, 2.75) is 26.1 Å². The fraction of sp³-hybridized carbons (Fsp3) is 0.500. The molecule has 1 fully saturated rings. The van der Waals surface area contributed by atoms with E-state index in [1.54, 1.807) is 0 Å². The van der Waals surface area contributed by atoms with Crippen molar-refractivity contribution in [3.8, 4) is 0 Å². The Morgan fingerprint density at radius 3 is 2.20 bits per heavy atom. The molecule has 0 amide bonds. The molecule has 1 saturated heterocycles. The normalized spacial score (nSPS) is 26.7. The van der Waals surface area contributed by atoms with Crippen molar-refractivity contribution in [3.63, 3.8) is 0 Å². The van der Waals surface area contributed by atoms with Gasteiger partial charge in [0.1, 0.15) is 0 Å². The zero-order valence-electron chi connectivity index (χ0n) is 9.11. The molecule has 0 saturated carbocycles. The predicted molar refractivity (Wildman–Crippen MR) is 66.4 cm³/mol. The van der Waals surface area contributed by atoms with Crippen LogP contribution in [-0.4, -0.2) is 25.3 Å². The minimum absolute atomic E-state index is 0.317. The second kappa shape index (κ2) is 4.54. The van der Waals surface area contributed by atoms with Gasteiger partial charge in [-0.15, -0.1) is 0 Å². The molecule has 1 aliphatic heterocycles. The second-order valence-electron chi connectivity index (χ2n) is 4.14. The first kappa shape index (κ1) is 11.0. The summed E-state index contributed by atoms with van der Waals surface area (Å²) < 4.78 is 6.84. The lowest BCUT2D eigenvalue weighted by Crippen LogP contribution is -2.45. The summed E-state index contributed by atoms with van der Waals surface area (Å²) in [7, 11) is 0. The van der Waals surface area contributed by atoms with E-state index in [-0.39, 0.29) is 0 Å². The summed E-state index contributed by atoms with van der Waals surface area (Å²) in [5.74, 6) is 0. The van der Waals surface area contributed by atoms with Gasteiger partial charge < -0.3 is 9.64 Å². The fourth-order valence-corrected chi connectivity index (χ4v) is 2.30. The molecule has 82 valence electrons. The van der Waals surface area contributed by atoms with Crippen LogP contribution in [-0.2, 0) is 4.74 Å². The Labute approximate surface area is 99.4 Å². The maximum atomic E-state index is 5.71. The van der Waals surface area contributed by atoms with E-state index >= 15 is 0 Å². The van der Waals surface area contributed by atoms with Crippen molar-refractivity contribution in [1.82, 2.24) is 0 Å². The maximum absolute atomic E-state index is 5.71. The first-order valence-corrected chi connectivity index (χ1v) is 6.10. The average molecular weight is 270 g/mol. The second-order valence-corrected chi connectivity index (χ2v) is 5.05. The summed E-state index contributed by atoms with van der Waals surface area (Å²) in [6.45, 7) is 6.21. The topological polar surface area (TPSA) is 12.5 Å². The van der Waals surface area contributed by atoms with Crippen LogP contribution in [0.1, 0.15) is 13.8 Å². The molecule has 3 heteroatoms. The molecule has 0 radical (unpaired) electrons. The minimum atomic E-state index is 0.317. The SMILES string of the molecule is CC1CN(c2ccc(Br)cc2)CC(C)O1. The molecule has 2 atom stereocenters. The molecule has 1 heterocycles. The van der Waals surface area contributed by atoms with E-state index in [1.807, 2.05) is 0 Å². The standard InChI is InChI=1S/C12H16BrNO/c1-9-7-14(8-10(2)15-9)12-5-3-11(13)4-6-12/h3-6,9-10H,7-8H2,1-2H3. The highest BCUT2D eigenvalue weighted by Gasteiger charge is 2.21. The van der Waals surface area contributed by atoms with E-state index in [0.717, 1.165) is 17.6 Å². The van der Waals surface area contributed by atoms with Crippen LogP contribution in [0.4, 0.5) is 5.69 Å². The van der Waals surface area contributed by atoms with E-state index in [4.69, 9.17) is 4.74 Å². The van der Waals surface area contributed by atoms with Crippen molar-refractivity contribution < 1.29 is 4.74 Å². The minimum Gasteiger partial charge on any atom is -0.372 e. The largest absolute Gasteiger partial charge is 0.372 e. The molecular formula is C12H16BrNO. The van der Waals surface area contributed by atoms with Gasteiger partial charge in [-0.3, -0.25) is 0 Å². The Morgan fingerprint density at radius 2 is 1.67 bits per heavy atom. The highest BCUT2D eigenvalue weighted by atomic mass is 79.9. The van der Waals surface area contributed by atoms with Crippen LogP contribution in [0.25, 0.3) is 0 Å². The smallest absolute Gasteiger partial charge is 0.0726 e. The van der Waals surface area contributed by atoms with Crippen LogP contribution in [0.5, 0.6) is 0 Å². The Kier molecular flexibility index (Phi) is 3.32. The summed E-state index contributed by atoms with van der Waals surface area (Å²) in [6.07, 6.45) is 0.634. The Bertz CT molecular complexity index is 315. The van der Waals surface area contributed by atoms with Crippen molar-refractivity contribution >= 4 is 21.6 Å². The molecule has 2 nitrogen and oxygen atoms in total. The number of nitrogens with zero attached hydrogens (tertiary/aromatic N) is 1. The molecule has 0 spiro atoms. The highest BCUT2D eigenvalue weighted by molar-refractivity contribution is 9.10. The lowest BCUT2D eigenvalue weighted by atomic mass is 10.2. The van der Waals surface area contributed by atoms with Gasteiger partial charge in [0, 0.05) is 23.2 Å². The number of halogens is 1. The summed E-state index contributed by atoms with van der Waals surface area (Å²) >= 11 is 3.45. The molecule has 0 N–H and O–H groups in total. The Hall–Kier alpha value is -0.540. The molecule has 2 unspecified atom stereocenters. The molecule has 0 aromatic heterocycles. The van der Waals surface area contributed by atoms with Crippen LogP contribution in [0.2, 0.25) is 0 Å². The van der Waals surface area contributed by atoms with Crippen molar-refractivity contribution in [3.05, 3.63) is 28.7 Å². The van der Waals surface area contributed by atoms with E-state index in [0.29, 0.717) is 12.2 Å². The van der Waals surface area contributed by atoms with Gasteiger partial charge in [0.2, 0.25) is 0 Å². The number of benzene rings is 1. The van der Waals surface area contributed by atoms with Crippen LogP contribution in [0.15, 0.2) is 28.7 Å². The highest BCUT2D eigenvalue weighted by Crippen LogP contribution is 2.22. The fourth-order valence-electron chi connectivity index (χ4n) is 2.04. The van der Waals surface area contributed by atoms with Gasteiger partial charge in [0.05, 0.1) is 12.2 Å². The van der Waals surface area contributed by atoms with Crippen molar-refractivity contribution in [2.24, 2.45) is 0 Å². The summed E-state index contributed by atoms with van der Waals surface area (Å²) in [5, 5.41) is 0. The lowest BCUT2D eigenvalue weighted by Gasteiger charge is -2.36. The average Bonchev–Trinajstić information content (AvgIpc) is 2.17. The van der Waals surface area contributed by atoms with E-state index in [9.17, 15) is 0 Å². The van der Waals surface area contributed by atoms with Gasteiger partial charge in [0.15, 0.2) is 0 Å². The van der Waals surface area contributed by atoms with Crippen LogP contribution in [0.3, 0.4) is 0 Å². The maximum Gasteiger partial charge on any atom is 0.0726 e. The van der Waals surface area contributed by atoms with Gasteiger partial charge in [-0.05, 0) is 38.1 Å². The zero-order valence-corrected chi connectivity index (χ0v) is 10.7. The lowest BCUT2D eigenvalue weighted by molar-refractivity contribution is -0.00521. The number of morpholine rings is 1. The number of rotatable bonds is 1. The van der Waals surface area contributed by atoms with Gasteiger partial charge in [0.25, 0.3) is 0 Å². The third-order valence-corrected chi connectivity index (χ3v) is 3.14. The Balaban J connectivity index is 2.12. The van der Waals surface area contributed by atoms with E-state index in [2.05, 4.69) is 58.9 Å². The molecule has 15 heavy (non-hydrogen) atoms. The molecule has 0 aliphatic carbocycles. The first-order valence-electron chi connectivity index (χ1n) is 5.31. The van der Waals surface area contributed by atoms with Crippen LogP contribution >= 0.6 is 15.9 Å². The number of ether oxygens (including phenoxy) is 1. The van der Waals surface area contributed by atoms with Crippen molar-refractivity contribution in [2.75, 3.05) is 18.0 Å². The summed E-state index contributed by atoms with van der Waals surface area (Å²) in [4.78, 5) is 2.38. The third kappa shape index (κ3) is 2.73. The molecule has 0 bridgehead atoms. The molecule has 1 aliphatic rings. The molecule has 1 aromatic carbocycles. The third-order valence-electron chi connectivity index (χ3n) is 2.61. The number of hydrogen-bond acceptors (Lipinski definition) is 2. The summed E-state index contributed by atoms with van der Waals surface area (Å²) in [6, 6.07) is 8.46. The van der Waals surface area contributed by atoms with Gasteiger partial charge in [-0.1, -0.05) is 15.9 Å². The molecular weight excluding hydrogens is 254 g/mol. The van der Waals surface area contributed by atoms with Gasteiger partial charge in [-0.2, -0.15) is 0 Å². The van der Waals surface area contributed by atoms with E-state index in [1.165, 1.54) is 5.69 Å².